The third-order valence-corrected chi connectivity index (χ3v) is 5.78. The molecule has 0 fully saturated rings. The number of hydrogen-bond donors (Lipinski definition) is 2. The van der Waals surface area contributed by atoms with Gasteiger partial charge in [0.1, 0.15) is 0 Å². The van der Waals surface area contributed by atoms with Gasteiger partial charge in [-0.05, 0) is 29.2 Å². The van der Waals surface area contributed by atoms with E-state index in [0.29, 0.717) is 0 Å². The van der Waals surface area contributed by atoms with Crippen molar-refractivity contribution in [3.8, 4) is 0 Å². The highest BCUT2D eigenvalue weighted by Gasteiger charge is 2.41. The monoisotopic (exact) mass is 466 g/mol. The normalized spacial score (nSPS) is 10.6. The zero-order chi connectivity index (χ0) is 20.1. The zero-order valence-corrected chi connectivity index (χ0v) is 19.9. The van der Waals surface area contributed by atoms with Crippen LogP contribution in [0, 0.1) is 0 Å². The number of rotatable bonds is 6. The van der Waals surface area contributed by atoms with Crippen LogP contribution in [0.5, 0.6) is 0 Å². The molecule has 0 saturated heterocycles. The SMILES string of the molecule is CC(N)(C(c1ccccc1)c1ccccc1)C(c1ccccc1)c1ccccc1.Cl.Cl.N. The average molecular weight is 467 g/mol. The fourth-order valence-electron chi connectivity index (χ4n) is 4.57. The van der Waals surface area contributed by atoms with Gasteiger partial charge in [-0.2, -0.15) is 0 Å². The highest BCUT2D eigenvalue weighted by atomic mass is 35.5. The van der Waals surface area contributed by atoms with E-state index in [0.717, 1.165) is 0 Å². The van der Waals surface area contributed by atoms with Crippen LogP contribution in [0.4, 0.5) is 0 Å². The van der Waals surface area contributed by atoms with E-state index in [1.165, 1.54) is 22.3 Å². The summed E-state index contributed by atoms with van der Waals surface area (Å²) in [6.45, 7) is 2.20. The third-order valence-electron chi connectivity index (χ3n) is 5.78. The number of benzene rings is 4. The van der Waals surface area contributed by atoms with E-state index < -0.39 is 5.54 Å². The van der Waals surface area contributed by atoms with Gasteiger partial charge in [-0.3, -0.25) is 0 Å². The Balaban J connectivity index is 0.00000171. The van der Waals surface area contributed by atoms with Gasteiger partial charge in [0.15, 0.2) is 0 Å². The van der Waals surface area contributed by atoms with Gasteiger partial charge in [0.25, 0.3) is 0 Å². The van der Waals surface area contributed by atoms with E-state index in [4.69, 9.17) is 5.73 Å². The van der Waals surface area contributed by atoms with Crippen LogP contribution in [-0.4, -0.2) is 5.54 Å². The molecule has 0 unspecified atom stereocenters. The Morgan fingerprint density at radius 1 is 0.469 bits per heavy atom. The molecule has 5 N–H and O–H groups in total. The minimum Gasteiger partial charge on any atom is -0.344 e. The fraction of sp³-hybridized carbons (Fsp3) is 0.143. The first-order valence-corrected chi connectivity index (χ1v) is 10.2. The molecule has 0 spiro atoms. The molecule has 2 nitrogen and oxygen atoms in total. The highest BCUT2D eigenvalue weighted by molar-refractivity contribution is 5.85. The minimum atomic E-state index is -0.550. The molecule has 4 aromatic rings. The Labute approximate surface area is 204 Å². The van der Waals surface area contributed by atoms with E-state index >= 15 is 0 Å². The quantitative estimate of drug-likeness (QED) is 0.311. The maximum Gasteiger partial charge on any atom is 0.0346 e. The predicted molar refractivity (Wildman–Crippen MR) is 142 cm³/mol. The molecule has 0 amide bonds. The Hall–Kier alpha value is -2.62. The topological polar surface area (TPSA) is 61.0 Å². The molecule has 4 rings (SSSR count). The van der Waals surface area contributed by atoms with Crippen LogP contribution in [0.25, 0.3) is 0 Å². The van der Waals surface area contributed by atoms with E-state index in [1.54, 1.807) is 0 Å². The third kappa shape index (κ3) is 5.79. The lowest BCUT2D eigenvalue weighted by Crippen LogP contribution is -2.49. The van der Waals surface area contributed by atoms with Crippen molar-refractivity contribution < 1.29 is 0 Å². The van der Waals surface area contributed by atoms with Crippen LogP contribution in [0.2, 0.25) is 0 Å². The van der Waals surface area contributed by atoms with Gasteiger partial charge in [0, 0.05) is 17.4 Å². The lowest BCUT2D eigenvalue weighted by atomic mass is 9.65. The fourth-order valence-corrected chi connectivity index (χ4v) is 4.57. The number of nitrogens with two attached hydrogens (primary N) is 1. The van der Waals surface area contributed by atoms with Gasteiger partial charge < -0.3 is 11.9 Å². The van der Waals surface area contributed by atoms with Crippen molar-refractivity contribution in [1.82, 2.24) is 6.15 Å². The molecule has 0 aliphatic heterocycles. The van der Waals surface area contributed by atoms with Crippen LogP contribution in [0.3, 0.4) is 0 Å². The highest BCUT2D eigenvalue weighted by Crippen LogP contribution is 2.44. The van der Waals surface area contributed by atoms with Crippen molar-refractivity contribution in [2.24, 2.45) is 5.73 Å². The maximum atomic E-state index is 7.33. The molecule has 0 atom stereocenters. The van der Waals surface area contributed by atoms with Crippen molar-refractivity contribution in [1.29, 1.82) is 0 Å². The maximum absolute atomic E-state index is 7.33. The lowest BCUT2D eigenvalue weighted by Gasteiger charge is -2.42. The zero-order valence-electron chi connectivity index (χ0n) is 18.3. The van der Waals surface area contributed by atoms with Gasteiger partial charge in [-0.25, -0.2) is 0 Å². The van der Waals surface area contributed by atoms with E-state index in [9.17, 15) is 0 Å². The largest absolute Gasteiger partial charge is 0.344 e. The molecule has 4 aromatic carbocycles. The first-order chi connectivity index (χ1) is 14.2. The lowest BCUT2D eigenvalue weighted by molar-refractivity contribution is 0.368. The molecule has 0 bridgehead atoms. The Morgan fingerprint density at radius 3 is 0.844 bits per heavy atom. The van der Waals surface area contributed by atoms with Gasteiger partial charge in [0.05, 0.1) is 0 Å². The van der Waals surface area contributed by atoms with Crippen molar-refractivity contribution in [3.63, 3.8) is 0 Å². The first kappa shape index (κ1) is 27.4. The number of halogens is 2. The van der Waals surface area contributed by atoms with Crippen LogP contribution >= 0.6 is 24.8 Å². The molecule has 0 heterocycles. The summed E-state index contributed by atoms with van der Waals surface area (Å²) in [6.07, 6.45) is 0. The summed E-state index contributed by atoms with van der Waals surface area (Å²) in [5.74, 6) is 0.102. The molecule has 0 aliphatic carbocycles. The Morgan fingerprint density at radius 2 is 0.656 bits per heavy atom. The van der Waals surface area contributed by atoms with Crippen LogP contribution in [0.1, 0.15) is 41.0 Å². The van der Waals surface area contributed by atoms with Gasteiger partial charge in [-0.1, -0.05) is 121 Å². The second-order valence-electron chi connectivity index (χ2n) is 7.87. The van der Waals surface area contributed by atoms with E-state index in [1.807, 2.05) is 0 Å². The van der Waals surface area contributed by atoms with Crippen molar-refractivity contribution >= 4 is 24.8 Å². The molecule has 32 heavy (non-hydrogen) atoms. The second kappa shape index (κ2) is 12.4. The summed E-state index contributed by atoms with van der Waals surface area (Å²) in [5, 5.41) is 0. The van der Waals surface area contributed by atoms with E-state index in [-0.39, 0.29) is 42.8 Å². The minimum absolute atomic E-state index is 0. The predicted octanol–water partition coefficient (Wildman–Crippen LogP) is 7.37. The summed E-state index contributed by atoms with van der Waals surface area (Å²) in [5.41, 5.74) is 11.7. The Bertz CT molecular complexity index is 860. The summed E-state index contributed by atoms with van der Waals surface area (Å²) >= 11 is 0. The Kier molecular flexibility index (Phi) is 10.6. The second-order valence-corrected chi connectivity index (χ2v) is 7.87. The summed E-state index contributed by atoms with van der Waals surface area (Å²) in [4.78, 5) is 0. The summed E-state index contributed by atoms with van der Waals surface area (Å²) in [7, 11) is 0. The van der Waals surface area contributed by atoms with Crippen molar-refractivity contribution in [2.45, 2.75) is 24.3 Å². The standard InChI is InChI=1S/C28H27N.2ClH.H3N/c1-28(29,26(22-14-6-2-7-15-22)23-16-8-3-9-17-23)27(24-18-10-4-11-19-24)25-20-12-5-13-21-25;;;/h2-21,26-27H,29H2,1H3;2*1H;1H3. The van der Waals surface area contributed by atoms with Gasteiger partial charge >= 0.3 is 0 Å². The molecule has 168 valence electrons. The average Bonchev–Trinajstić information content (AvgIpc) is 2.77. The van der Waals surface area contributed by atoms with Crippen molar-refractivity contribution in [2.75, 3.05) is 0 Å². The molecule has 0 radical (unpaired) electrons. The summed E-state index contributed by atoms with van der Waals surface area (Å²) < 4.78 is 0. The van der Waals surface area contributed by atoms with Crippen LogP contribution in [-0.2, 0) is 0 Å². The molecule has 4 heteroatoms. The molecule has 0 saturated carbocycles. The summed E-state index contributed by atoms with van der Waals surface area (Å²) in [6, 6.07) is 42.6. The molecular formula is C28H32Cl2N2. The molecule has 0 aromatic heterocycles. The van der Waals surface area contributed by atoms with Crippen LogP contribution in [0.15, 0.2) is 121 Å². The van der Waals surface area contributed by atoms with E-state index in [2.05, 4.69) is 128 Å². The van der Waals surface area contributed by atoms with Crippen molar-refractivity contribution in [3.05, 3.63) is 144 Å². The number of hydrogen-bond acceptors (Lipinski definition) is 2. The van der Waals surface area contributed by atoms with Gasteiger partial charge in [0.2, 0.25) is 0 Å². The van der Waals surface area contributed by atoms with Gasteiger partial charge in [-0.15, -0.1) is 24.8 Å². The first-order valence-electron chi connectivity index (χ1n) is 10.2. The van der Waals surface area contributed by atoms with Crippen LogP contribution < -0.4 is 11.9 Å². The molecular weight excluding hydrogens is 435 g/mol. The molecule has 0 aliphatic rings. The smallest absolute Gasteiger partial charge is 0.0346 e.